The molecule has 0 aliphatic heterocycles. The lowest BCUT2D eigenvalue weighted by Crippen LogP contribution is -2.34. The van der Waals surface area contributed by atoms with E-state index in [9.17, 15) is 15.0 Å². The maximum Gasteiger partial charge on any atom is 0.197 e. The zero-order chi connectivity index (χ0) is 20.1. The van der Waals surface area contributed by atoms with Gasteiger partial charge in [-0.3, -0.25) is 9.78 Å². The summed E-state index contributed by atoms with van der Waals surface area (Å²) < 4.78 is 11.6. The van der Waals surface area contributed by atoms with Crippen LogP contribution in [0.4, 0.5) is 0 Å². The Hall–Kier alpha value is -2.74. The van der Waals surface area contributed by atoms with E-state index < -0.39 is 24.2 Å². The van der Waals surface area contributed by atoms with Crippen molar-refractivity contribution in [3.63, 3.8) is 0 Å². The molecule has 2 aromatic heterocycles. The van der Waals surface area contributed by atoms with Gasteiger partial charge in [-0.1, -0.05) is 0 Å². The van der Waals surface area contributed by atoms with Crippen molar-refractivity contribution < 1.29 is 29.3 Å². The first kappa shape index (κ1) is 18.6. The van der Waals surface area contributed by atoms with Crippen LogP contribution in [-0.4, -0.2) is 51.5 Å². The molecule has 7 heteroatoms. The molecular weight excluding hydrogens is 362 g/mol. The molecule has 0 fully saturated rings. The Morgan fingerprint density at radius 1 is 1.21 bits per heavy atom. The van der Waals surface area contributed by atoms with Crippen LogP contribution in [0.2, 0.25) is 0 Å². The van der Waals surface area contributed by atoms with E-state index in [0.717, 1.165) is 5.56 Å². The molecule has 2 heterocycles. The molecule has 3 N–H and O–H groups in total. The van der Waals surface area contributed by atoms with Crippen molar-refractivity contribution in [1.29, 1.82) is 0 Å². The Morgan fingerprint density at radius 3 is 2.75 bits per heavy atom. The summed E-state index contributed by atoms with van der Waals surface area (Å²) in [4.78, 5) is 17.3. The lowest BCUT2D eigenvalue weighted by molar-refractivity contribution is -0.0339. The number of rotatable bonds is 5. The Bertz CT molecular complexity index is 1050. The number of ether oxygens (including phenoxy) is 1. The first-order chi connectivity index (χ1) is 13.3. The zero-order valence-electron chi connectivity index (χ0n) is 15.5. The predicted octanol–water partition coefficient (Wildman–Crippen LogP) is 1.79. The third kappa shape index (κ3) is 2.79. The number of aliphatic hydroxyl groups is 3. The van der Waals surface area contributed by atoms with Crippen LogP contribution < -0.4 is 4.74 Å². The van der Waals surface area contributed by atoms with Crippen molar-refractivity contribution in [2.45, 2.75) is 31.5 Å². The third-order valence-corrected chi connectivity index (χ3v) is 5.25. The summed E-state index contributed by atoms with van der Waals surface area (Å²) in [6.45, 7) is 3.21. The Kier molecular flexibility index (Phi) is 4.45. The molecule has 0 amide bonds. The van der Waals surface area contributed by atoms with E-state index in [4.69, 9.17) is 14.3 Å². The number of hydrogen-bond acceptors (Lipinski definition) is 7. The molecule has 146 valence electrons. The van der Waals surface area contributed by atoms with Crippen molar-refractivity contribution >= 4 is 16.8 Å². The number of furan rings is 1. The van der Waals surface area contributed by atoms with Gasteiger partial charge in [0.05, 0.1) is 17.6 Å². The third-order valence-electron chi connectivity index (χ3n) is 5.25. The first-order valence-corrected chi connectivity index (χ1v) is 9.00. The van der Waals surface area contributed by atoms with Crippen LogP contribution in [0, 0.1) is 0 Å². The molecule has 4 rings (SSSR count). The molecule has 1 aromatic carbocycles. The fourth-order valence-electron chi connectivity index (χ4n) is 3.61. The molecule has 7 nitrogen and oxygen atoms in total. The molecule has 1 aliphatic carbocycles. The Balaban J connectivity index is 1.73. The minimum Gasteiger partial charge on any atom is -0.491 e. The number of aliphatic hydroxyl groups excluding tert-OH is 3. The van der Waals surface area contributed by atoms with Crippen molar-refractivity contribution in [2.75, 3.05) is 13.2 Å². The van der Waals surface area contributed by atoms with Crippen molar-refractivity contribution in [3.05, 3.63) is 59.1 Å². The molecule has 28 heavy (non-hydrogen) atoms. The van der Waals surface area contributed by atoms with Gasteiger partial charge in [-0.2, -0.15) is 0 Å². The van der Waals surface area contributed by atoms with Crippen LogP contribution in [-0.2, 0) is 5.41 Å². The van der Waals surface area contributed by atoms with E-state index in [1.165, 1.54) is 0 Å². The normalized spacial score (nSPS) is 17.1. The monoisotopic (exact) mass is 383 g/mol. The van der Waals surface area contributed by atoms with Crippen molar-refractivity contribution in [3.8, 4) is 5.75 Å². The fraction of sp³-hybridized carbons (Fsp3) is 0.333. The SMILES string of the molecule is CC1(C)c2cc(OC[C@@H](O)[C@H](O)CO)ccc2C(=O)c2c1oc1ccncc21. The molecule has 0 saturated carbocycles. The summed E-state index contributed by atoms with van der Waals surface area (Å²) in [5.74, 6) is 0.907. The molecule has 1 aliphatic rings. The number of nitrogens with zero attached hydrogens (tertiary/aromatic N) is 1. The van der Waals surface area contributed by atoms with Gasteiger partial charge in [0.15, 0.2) is 5.78 Å². The molecular formula is C21H21NO6. The number of carbonyl (C=O) groups excluding carboxylic acids is 1. The van der Waals surface area contributed by atoms with Gasteiger partial charge in [-0.15, -0.1) is 0 Å². The summed E-state index contributed by atoms with van der Waals surface area (Å²) in [5, 5.41) is 28.8. The number of pyridine rings is 1. The van der Waals surface area contributed by atoms with Crippen LogP contribution in [0.5, 0.6) is 5.75 Å². The summed E-state index contributed by atoms with van der Waals surface area (Å²) >= 11 is 0. The van der Waals surface area contributed by atoms with Crippen LogP contribution in [0.1, 0.15) is 41.1 Å². The number of hydrogen-bond donors (Lipinski definition) is 3. The second-order valence-corrected chi connectivity index (χ2v) is 7.47. The van der Waals surface area contributed by atoms with Crippen LogP contribution in [0.3, 0.4) is 0 Å². The van der Waals surface area contributed by atoms with Crippen LogP contribution in [0.15, 0.2) is 41.1 Å². The molecule has 0 spiro atoms. The summed E-state index contributed by atoms with van der Waals surface area (Å²) in [6.07, 6.45) is 0.773. The van der Waals surface area contributed by atoms with Gasteiger partial charge in [0.2, 0.25) is 0 Å². The number of fused-ring (bicyclic) bond motifs is 4. The highest BCUT2D eigenvalue weighted by atomic mass is 16.5. The van der Waals surface area contributed by atoms with Gasteiger partial charge in [0, 0.05) is 23.4 Å². The van der Waals surface area contributed by atoms with Crippen molar-refractivity contribution in [2.24, 2.45) is 0 Å². The molecule has 3 aromatic rings. The number of ketones is 1. The van der Waals surface area contributed by atoms with Gasteiger partial charge in [0.25, 0.3) is 0 Å². The van der Waals surface area contributed by atoms with Gasteiger partial charge < -0.3 is 24.5 Å². The standard InChI is InChI=1S/C21H21NO6/c1-21(2)14-7-11(27-10-16(25)15(24)9-23)3-4-12(14)19(26)18-13-8-22-6-5-17(13)28-20(18)21/h3-8,15-16,23-25H,9-10H2,1-2H3/t15-,16-/m1/s1. The molecule has 0 saturated heterocycles. The average Bonchev–Trinajstić information content (AvgIpc) is 3.10. The second kappa shape index (κ2) is 6.70. The molecule has 0 unspecified atom stereocenters. The average molecular weight is 383 g/mol. The largest absolute Gasteiger partial charge is 0.491 e. The van der Waals surface area contributed by atoms with E-state index in [2.05, 4.69) is 4.98 Å². The zero-order valence-corrected chi connectivity index (χ0v) is 15.5. The van der Waals surface area contributed by atoms with Gasteiger partial charge in [-0.05, 0) is 43.7 Å². The highest BCUT2D eigenvalue weighted by molar-refractivity contribution is 6.19. The predicted molar refractivity (Wildman–Crippen MR) is 101 cm³/mol. The highest BCUT2D eigenvalue weighted by Gasteiger charge is 2.41. The van der Waals surface area contributed by atoms with Gasteiger partial charge in [0.1, 0.15) is 35.9 Å². The topological polar surface area (TPSA) is 113 Å². The minimum absolute atomic E-state index is 0.127. The van der Waals surface area contributed by atoms with E-state index in [-0.39, 0.29) is 12.4 Å². The van der Waals surface area contributed by atoms with E-state index in [1.54, 1.807) is 36.7 Å². The molecule has 2 atom stereocenters. The van der Waals surface area contributed by atoms with Crippen LogP contribution in [0.25, 0.3) is 11.0 Å². The second-order valence-electron chi connectivity index (χ2n) is 7.47. The minimum atomic E-state index is -1.28. The maximum absolute atomic E-state index is 13.1. The lowest BCUT2D eigenvalue weighted by atomic mass is 9.72. The summed E-state index contributed by atoms with van der Waals surface area (Å²) in [6, 6.07) is 6.84. The fourth-order valence-corrected chi connectivity index (χ4v) is 3.61. The summed E-state index contributed by atoms with van der Waals surface area (Å²) in [5.41, 5.74) is 1.89. The van der Waals surface area contributed by atoms with Gasteiger partial charge >= 0.3 is 0 Å². The number of benzene rings is 1. The first-order valence-electron chi connectivity index (χ1n) is 9.00. The van der Waals surface area contributed by atoms with Crippen molar-refractivity contribution in [1.82, 2.24) is 4.98 Å². The highest BCUT2D eigenvalue weighted by Crippen LogP contribution is 2.45. The molecule has 0 bridgehead atoms. The van der Waals surface area contributed by atoms with E-state index in [1.807, 2.05) is 13.8 Å². The van der Waals surface area contributed by atoms with Crippen LogP contribution >= 0.6 is 0 Å². The maximum atomic E-state index is 13.1. The van der Waals surface area contributed by atoms with Gasteiger partial charge in [-0.25, -0.2) is 0 Å². The number of carbonyl (C=O) groups is 1. The molecule has 0 radical (unpaired) electrons. The Morgan fingerprint density at radius 2 is 2.00 bits per heavy atom. The lowest BCUT2D eigenvalue weighted by Gasteiger charge is -2.31. The quantitative estimate of drug-likeness (QED) is 0.616. The number of aromatic nitrogens is 1. The Labute approximate surface area is 161 Å². The summed E-state index contributed by atoms with van der Waals surface area (Å²) in [7, 11) is 0. The smallest absolute Gasteiger partial charge is 0.197 e. The van der Waals surface area contributed by atoms with E-state index in [0.29, 0.717) is 33.6 Å². The van der Waals surface area contributed by atoms with E-state index >= 15 is 0 Å².